The molecule has 1 aliphatic carbocycles. The summed E-state index contributed by atoms with van der Waals surface area (Å²) in [6.07, 6.45) is 4.11. The van der Waals surface area contributed by atoms with Crippen molar-refractivity contribution in [2.45, 2.75) is 18.9 Å². The van der Waals surface area contributed by atoms with Crippen LogP contribution in [0.4, 0.5) is 0 Å². The van der Waals surface area contributed by atoms with E-state index >= 15 is 0 Å². The standard InChI is InChI=1S/C11H14N4O/c1-15(10-2-3-10)6-7-16-11-13-5-4-9(8-12)14-11/h4-5,10H,2-3,6-7H2,1H3. The van der Waals surface area contributed by atoms with Gasteiger partial charge in [0.25, 0.3) is 0 Å². The Kier molecular flexibility index (Phi) is 3.32. The first-order chi connectivity index (χ1) is 7.79. The molecule has 5 heteroatoms. The summed E-state index contributed by atoms with van der Waals surface area (Å²) in [7, 11) is 2.09. The van der Waals surface area contributed by atoms with E-state index in [-0.39, 0.29) is 6.01 Å². The number of hydrogen-bond donors (Lipinski definition) is 0. The number of likely N-dealkylation sites (N-methyl/N-ethyl adjacent to an activating group) is 1. The third kappa shape index (κ3) is 2.91. The maximum Gasteiger partial charge on any atom is 0.317 e. The molecular weight excluding hydrogens is 204 g/mol. The van der Waals surface area contributed by atoms with Crippen LogP contribution in [0.3, 0.4) is 0 Å². The lowest BCUT2D eigenvalue weighted by Gasteiger charge is -2.14. The monoisotopic (exact) mass is 218 g/mol. The average molecular weight is 218 g/mol. The van der Waals surface area contributed by atoms with Gasteiger partial charge in [0.15, 0.2) is 0 Å². The van der Waals surface area contributed by atoms with Crippen molar-refractivity contribution >= 4 is 0 Å². The third-order valence-electron chi connectivity index (χ3n) is 2.59. The first kappa shape index (κ1) is 10.8. The summed E-state index contributed by atoms with van der Waals surface area (Å²) < 4.78 is 5.38. The number of rotatable bonds is 5. The molecule has 1 fully saturated rings. The SMILES string of the molecule is CN(CCOc1nccc(C#N)n1)C1CC1. The Morgan fingerprint density at radius 2 is 2.44 bits per heavy atom. The Morgan fingerprint density at radius 3 is 3.12 bits per heavy atom. The summed E-state index contributed by atoms with van der Waals surface area (Å²) in [5.74, 6) is 0. The van der Waals surface area contributed by atoms with Crippen LogP contribution in [0.2, 0.25) is 0 Å². The zero-order chi connectivity index (χ0) is 11.4. The van der Waals surface area contributed by atoms with Gasteiger partial charge in [0.2, 0.25) is 0 Å². The lowest BCUT2D eigenvalue weighted by molar-refractivity contribution is 0.220. The number of aromatic nitrogens is 2. The zero-order valence-electron chi connectivity index (χ0n) is 9.26. The molecule has 0 atom stereocenters. The van der Waals surface area contributed by atoms with E-state index in [4.69, 9.17) is 10.00 Å². The minimum absolute atomic E-state index is 0.281. The summed E-state index contributed by atoms with van der Waals surface area (Å²) >= 11 is 0. The van der Waals surface area contributed by atoms with Crippen molar-refractivity contribution in [1.29, 1.82) is 5.26 Å². The topological polar surface area (TPSA) is 62.0 Å². The van der Waals surface area contributed by atoms with Crippen LogP contribution in [0, 0.1) is 11.3 Å². The fourth-order valence-corrected chi connectivity index (χ4v) is 1.45. The van der Waals surface area contributed by atoms with Crippen LogP contribution < -0.4 is 4.74 Å². The normalized spacial score (nSPS) is 14.8. The second kappa shape index (κ2) is 4.90. The van der Waals surface area contributed by atoms with E-state index in [0.29, 0.717) is 12.3 Å². The van der Waals surface area contributed by atoms with Crippen molar-refractivity contribution in [2.75, 3.05) is 20.2 Å². The number of hydrogen-bond acceptors (Lipinski definition) is 5. The largest absolute Gasteiger partial charge is 0.462 e. The van der Waals surface area contributed by atoms with Crippen molar-refractivity contribution in [2.24, 2.45) is 0 Å². The molecule has 1 saturated carbocycles. The van der Waals surface area contributed by atoms with E-state index in [1.807, 2.05) is 6.07 Å². The smallest absolute Gasteiger partial charge is 0.317 e. The van der Waals surface area contributed by atoms with Crippen molar-refractivity contribution in [3.63, 3.8) is 0 Å². The van der Waals surface area contributed by atoms with Gasteiger partial charge in [0, 0.05) is 18.8 Å². The van der Waals surface area contributed by atoms with Crippen LogP contribution in [0.5, 0.6) is 6.01 Å². The zero-order valence-corrected chi connectivity index (χ0v) is 9.26. The van der Waals surface area contributed by atoms with Crippen molar-refractivity contribution in [3.05, 3.63) is 18.0 Å². The highest BCUT2D eigenvalue weighted by Gasteiger charge is 2.25. The summed E-state index contributed by atoms with van der Waals surface area (Å²) in [6.45, 7) is 1.42. The van der Waals surface area contributed by atoms with Gasteiger partial charge in [-0.15, -0.1) is 0 Å². The molecule has 1 aromatic rings. The second-order valence-electron chi connectivity index (χ2n) is 3.90. The van der Waals surface area contributed by atoms with Gasteiger partial charge >= 0.3 is 6.01 Å². The van der Waals surface area contributed by atoms with Gasteiger partial charge in [-0.1, -0.05) is 0 Å². The Hall–Kier alpha value is -1.67. The highest BCUT2D eigenvalue weighted by atomic mass is 16.5. The van der Waals surface area contributed by atoms with Crippen molar-refractivity contribution < 1.29 is 4.74 Å². The predicted molar refractivity (Wildman–Crippen MR) is 57.9 cm³/mol. The molecule has 0 aromatic carbocycles. The summed E-state index contributed by atoms with van der Waals surface area (Å²) in [6, 6.07) is 4.52. The molecule has 1 heterocycles. The van der Waals surface area contributed by atoms with Crippen molar-refractivity contribution in [1.82, 2.24) is 14.9 Å². The van der Waals surface area contributed by atoms with Gasteiger partial charge in [0.05, 0.1) is 0 Å². The molecule has 84 valence electrons. The van der Waals surface area contributed by atoms with Gasteiger partial charge in [0.1, 0.15) is 18.4 Å². The first-order valence-corrected chi connectivity index (χ1v) is 5.36. The van der Waals surface area contributed by atoms with E-state index in [2.05, 4.69) is 21.9 Å². The van der Waals surface area contributed by atoms with Crippen LogP contribution in [0.25, 0.3) is 0 Å². The van der Waals surface area contributed by atoms with Crippen LogP contribution in [-0.4, -0.2) is 41.1 Å². The number of nitrogens with zero attached hydrogens (tertiary/aromatic N) is 4. The minimum atomic E-state index is 0.281. The maximum absolute atomic E-state index is 8.65. The van der Waals surface area contributed by atoms with Crippen LogP contribution in [0.1, 0.15) is 18.5 Å². The van der Waals surface area contributed by atoms with Crippen LogP contribution in [-0.2, 0) is 0 Å². The number of nitriles is 1. The molecule has 1 aromatic heterocycles. The Labute approximate surface area is 94.7 Å². The first-order valence-electron chi connectivity index (χ1n) is 5.36. The molecular formula is C11H14N4O. The fourth-order valence-electron chi connectivity index (χ4n) is 1.45. The Morgan fingerprint density at radius 1 is 1.62 bits per heavy atom. The van der Waals surface area contributed by atoms with Gasteiger partial charge < -0.3 is 9.64 Å². The summed E-state index contributed by atoms with van der Waals surface area (Å²) in [4.78, 5) is 10.1. The molecule has 2 rings (SSSR count). The molecule has 5 nitrogen and oxygen atoms in total. The maximum atomic E-state index is 8.65. The number of ether oxygens (including phenoxy) is 1. The van der Waals surface area contributed by atoms with E-state index in [1.165, 1.54) is 19.0 Å². The third-order valence-corrected chi connectivity index (χ3v) is 2.59. The lowest BCUT2D eigenvalue weighted by atomic mass is 10.4. The average Bonchev–Trinajstić information content (AvgIpc) is 3.13. The van der Waals surface area contributed by atoms with Crippen LogP contribution in [0.15, 0.2) is 12.3 Å². The van der Waals surface area contributed by atoms with E-state index in [9.17, 15) is 0 Å². The van der Waals surface area contributed by atoms with Gasteiger partial charge in [-0.3, -0.25) is 0 Å². The molecule has 16 heavy (non-hydrogen) atoms. The van der Waals surface area contributed by atoms with E-state index in [1.54, 1.807) is 6.07 Å². The highest BCUT2D eigenvalue weighted by molar-refractivity contribution is 5.19. The Balaban J connectivity index is 1.78. The van der Waals surface area contributed by atoms with Gasteiger partial charge in [-0.2, -0.15) is 10.2 Å². The molecule has 1 aliphatic rings. The lowest BCUT2D eigenvalue weighted by Crippen LogP contribution is -2.26. The molecule has 0 unspecified atom stereocenters. The molecule has 0 bridgehead atoms. The quantitative estimate of drug-likeness (QED) is 0.732. The fraction of sp³-hybridized carbons (Fsp3) is 0.545. The second-order valence-corrected chi connectivity index (χ2v) is 3.90. The van der Waals surface area contributed by atoms with E-state index in [0.717, 1.165) is 12.6 Å². The van der Waals surface area contributed by atoms with Crippen LogP contribution >= 0.6 is 0 Å². The van der Waals surface area contributed by atoms with Gasteiger partial charge in [-0.25, -0.2) is 4.98 Å². The predicted octanol–water partition coefficient (Wildman–Crippen LogP) is 0.821. The van der Waals surface area contributed by atoms with E-state index < -0.39 is 0 Å². The molecule has 0 spiro atoms. The highest BCUT2D eigenvalue weighted by Crippen LogP contribution is 2.24. The molecule has 0 saturated heterocycles. The Bertz CT molecular complexity index is 397. The summed E-state index contributed by atoms with van der Waals surface area (Å²) in [5, 5.41) is 8.65. The molecule has 0 radical (unpaired) electrons. The molecule has 0 N–H and O–H groups in total. The van der Waals surface area contributed by atoms with Gasteiger partial charge in [-0.05, 0) is 26.0 Å². The molecule has 0 amide bonds. The molecule has 0 aliphatic heterocycles. The van der Waals surface area contributed by atoms with Crippen molar-refractivity contribution in [3.8, 4) is 12.1 Å². The minimum Gasteiger partial charge on any atom is -0.462 e. The summed E-state index contributed by atoms with van der Waals surface area (Å²) in [5.41, 5.74) is 0.334.